The van der Waals surface area contributed by atoms with Gasteiger partial charge in [0, 0.05) is 11.3 Å². The van der Waals surface area contributed by atoms with Crippen LogP contribution in [0.4, 0.5) is 0 Å². The van der Waals surface area contributed by atoms with Crippen LogP contribution < -0.4 is 0 Å². The molecule has 2 N–H and O–H groups in total. The number of rotatable bonds is 13. The second-order valence-corrected chi connectivity index (χ2v) is 6.97. The van der Waals surface area contributed by atoms with Crippen LogP contribution in [0.2, 0.25) is 0 Å². The van der Waals surface area contributed by atoms with Crippen molar-refractivity contribution in [3.63, 3.8) is 0 Å². The van der Waals surface area contributed by atoms with E-state index in [0.717, 1.165) is 51.4 Å². The van der Waals surface area contributed by atoms with Crippen LogP contribution in [0.15, 0.2) is 0 Å². The summed E-state index contributed by atoms with van der Waals surface area (Å²) in [5.41, 5.74) is -0.559. The van der Waals surface area contributed by atoms with E-state index >= 15 is 0 Å². The van der Waals surface area contributed by atoms with Gasteiger partial charge in [0.1, 0.15) is 11.6 Å². The zero-order valence-electron chi connectivity index (χ0n) is 14.7. The molecule has 0 bridgehead atoms. The molecule has 0 saturated carbocycles. The summed E-state index contributed by atoms with van der Waals surface area (Å²) in [4.78, 5) is 23.5. The predicted octanol–water partition coefficient (Wildman–Crippen LogP) is 3.63. The largest absolute Gasteiger partial charge is 0.368 e. The van der Waals surface area contributed by atoms with E-state index in [9.17, 15) is 9.59 Å². The second-order valence-electron chi connectivity index (χ2n) is 6.97. The van der Waals surface area contributed by atoms with Gasteiger partial charge in [-0.2, -0.15) is 0 Å². The van der Waals surface area contributed by atoms with Crippen LogP contribution in [0.3, 0.4) is 0 Å². The van der Waals surface area contributed by atoms with Gasteiger partial charge in [0.2, 0.25) is 0 Å². The molecule has 130 valence electrons. The molecule has 4 nitrogen and oxygen atoms in total. The van der Waals surface area contributed by atoms with E-state index in [1.165, 1.54) is 0 Å². The van der Waals surface area contributed by atoms with Gasteiger partial charge in [-0.05, 0) is 33.1 Å². The number of unbranched alkanes of at least 4 members (excludes halogenated alkanes) is 6. The maximum atomic E-state index is 11.8. The minimum Gasteiger partial charge on any atom is -0.368 e. The molecule has 0 aromatic carbocycles. The highest BCUT2D eigenvalue weighted by atomic mass is 16.5. The third-order valence-corrected chi connectivity index (χ3v) is 4.72. The lowest BCUT2D eigenvalue weighted by Gasteiger charge is -2.30. The van der Waals surface area contributed by atoms with Crippen LogP contribution in [-0.2, 0) is 9.59 Å². The molecule has 4 heteroatoms. The van der Waals surface area contributed by atoms with Crippen LogP contribution in [0.5, 0.6) is 0 Å². The molecule has 0 aliphatic carbocycles. The molecule has 0 amide bonds. The molecule has 0 aromatic heterocycles. The first-order valence-electron chi connectivity index (χ1n) is 8.57. The van der Waals surface area contributed by atoms with E-state index in [4.69, 9.17) is 10.2 Å². The fourth-order valence-electron chi connectivity index (χ4n) is 2.88. The highest BCUT2D eigenvalue weighted by molar-refractivity contribution is 5.89. The highest BCUT2D eigenvalue weighted by Crippen LogP contribution is 2.33. The Hall–Kier alpha value is -0.740. The summed E-state index contributed by atoms with van der Waals surface area (Å²) in [6.45, 7) is 6.90. The average Bonchev–Trinajstić information content (AvgIpc) is 2.39. The van der Waals surface area contributed by atoms with Crippen molar-refractivity contribution in [1.29, 1.82) is 0 Å². The van der Waals surface area contributed by atoms with Crippen molar-refractivity contribution in [2.75, 3.05) is 0 Å². The van der Waals surface area contributed by atoms with Gasteiger partial charge in [-0.3, -0.25) is 9.59 Å². The van der Waals surface area contributed by atoms with Crippen LogP contribution in [0.25, 0.3) is 0 Å². The van der Waals surface area contributed by atoms with Gasteiger partial charge in [0.25, 0.3) is 0 Å². The van der Waals surface area contributed by atoms with Crippen molar-refractivity contribution in [2.45, 2.75) is 91.8 Å². The Morgan fingerprint density at radius 1 is 0.818 bits per heavy atom. The SMILES string of the molecule is CC(=O)C(CCCCCCCCCC(O)O)C(C)(C)C(C)=O. The molecule has 0 radical (unpaired) electrons. The Labute approximate surface area is 135 Å². The number of carbonyl (C=O) groups excluding carboxylic acids is 2. The van der Waals surface area contributed by atoms with Crippen molar-refractivity contribution in [1.82, 2.24) is 0 Å². The molecule has 0 aliphatic rings. The molecule has 0 rings (SSSR count). The molecule has 0 aliphatic heterocycles. The zero-order valence-corrected chi connectivity index (χ0v) is 14.7. The molecule has 1 atom stereocenters. The summed E-state index contributed by atoms with van der Waals surface area (Å²) < 4.78 is 0. The summed E-state index contributed by atoms with van der Waals surface area (Å²) in [7, 11) is 0. The minimum absolute atomic E-state index is 0.0822. The summed E-state index contributed by atoms with van der Waals surface area (Å²) in [5, 5.41) is 17.5. The summed E-state index contributed by atoms with van der Waals surface area (Å²) >= 11 is 0. The molecule has 1 unspecified atom stereocenters. The van der Waals surface area contributed by atoms with Gasteiger partial charge in [-0.25, -0.2) is 0 Å². The Bertz CT molecular complexity index is 334. The molecule has 0 fully saturated rings. The number of aliphatic hydroxyl groups excluding tert-OH is 1. The van der Waals surface area contributed by atoms with E-state index in [0.29, 0.717) is 6.42 Å². The standard InChI is InChI=1S/C18H34O4/c1-14(19)16(18(3,4)15(2)20)12-10-8-6-5-7-9-11-13-17(21)22/h16-17,21-22H,5-13H2,1-4H3. The van der Waals surface area contributed by atoms with E-state index in [2.05, 4.69) is 0 Å². The third kappa shape index (κ3) is 8.64. The van der Waals surface area contributed by atoms with Gasteiger partial charge < -0.3 is 10.2 Å². The number of aliphatic hydroxyl groups is 2. The van der Waals surface area contributed by atoms with Gasteiger partial charge in [0.15, 0.2) is 6.29 Å². The molecule has 22 heavy (non-hydrogen) atoms. The lowest BCUT2D eigenvalue weighted by molar-refractivity contribution is -0.135. The lowest BCUT2D eigenvalue weighted by atomic mass is 9.71. The number of Topliss-reactive ketones (excluding diaryl/α,β-unsaturated/α-hetero) is 2. The zero-order chi connectivity index (χ0) is 17.2. The smallest absolute Gasteiger partial charge is 0.151 e. The molecule has 0 saturated heterocycles. The Kier molecular flexibility index (Phi) is 10.5. The predicted molar refractivity (Wildman–Crippen MR) is 88.4 cm³/mol. The monoisotopic (exact) mass is 314 g/mol. The van der Waals surface area contributed by atoms with Crippen LogP contribution in [-0.4, -0.2) is 28.1 Å². The molecule has 0 spiro atoms. The second kappa shape index (κ2) is 10.9. The Balaban J connectivity index is 3.84. The van der Waals surface area contributed by atoms with Gasteiger partial charge in [0.05, 0.1) is 0 Å². The average molecular weight is 314 g/mol. The highest BCUT2D eigenvalue weighted by Gasteiger charge is 2.36. The van der Waals surface area contributed by atoms with Gasteiger partial charge in [-0.15, -0.1) is 0 Å². The van der Waals surface area contributed by atoms with E-state index < -0.39 is 11.7 Å². The molecular formula is C18H34O4. The van der Waals surface area contributed by atoms with Crippen molar-refractivity contribution >= 4 is 11.6 Å². The number of carbonyl (C=O) groups is 2. The normalized spacial score (nSPS) is 13.4. The molecule has 0 heterocycles. The Morgan fingerprint density at radius 3 is 1.59 bits per heavy atom. The fraction of sp³-hybridized carbons (Fsp3) is 0.889. The number of hydrogen-bond donors (Lipinski definition) is 2. The lowest BCUT2D eigenvalue weighted by Crippen LogP contribution is -2.35. The van der Waals surface area contributed by atoms with Crippen molar-refractivity contribution in [3.05, 3.63) is 0 Å². The minimum atomic E-state index is -1.17. The summed E-state index contributed by atoms with van der Waals surface area (Å²) in [6, 6.07) is 0. The number of hydrogen-bond acceptors (Lipinski definition) is 4. The van der Waals surface area contributed by atoms with Crippen molar-refractivity contribution < 1.29 is 19.8 Å². The fourth-order valence-corrected chi connectivity index (χ4v) is 2.88. The summed E-state index contributed by atoms with van der Waals surface area (Å²) in [5.74, 6) is 0.0255. The topological polar surface area (TPSA) is 74.6 Å². The quantitative estimate of drug-likeness (QED) is 0.402. The first-order chi connectivity index (χ1) is 10.2. The van der Waals surface area contributed by atoms with Crippen LogP contribution in [0.1, 0.15) is 85.5 Å². The Morgan fingerprint density at radius 2 is 1.23 bits per heavy atom. The van der Waals surface area contributed by atoms with Gasteiger partial charge >= 0.3 is 0 Å². The van der Waals surface area contributed by atoms with Gasteiger partial charge in [-0.1, -0.05) is 52.4 Å². The number of ketones is 2. The first-order valence-corrected chi connectivity index (χ1v) is 8.57. The maximum absolute atomic E-state index is 11.8. The van der Waals surface area contributed by atoms with Crippen molar-refractivity contribution in [2.24, 2.45) is 11.3 Å². The summed E-state index contributed by atoms with van der Waals surface area (Å²) in [6.07, 6.45) is 7.42. The van der Waals surface area contributed by atoms with Crippen LogP contribution >= 0.6 is 0 Å². The van der Waals surface area contributed by atoms with E-state index in [-0.39, 0.29) is 17.5 Å². The maximum Gasteiger partial charge on any atom is 0.151 e. The molecule has 0 aromatic rings. The van der Waals surface area contributed by atoms with Crippen LogP contribution in [0, 0.1) is 11.3 Å². The van der Waals surface area contributed by atoms with Crippen molar-refractivity contribution in [3.8, 4) is 0 Å². The van der Waals surface area contributed by atoms with E-state index in [1.807, 2.05) is 13.8 Å². The first kappa shape index (κ1) is 21.3. The van der Waals surface area contributed by atoms with E-state index in [1.54, 1.807) is 13.8 Å². The molecular weight excluding hydrogens is 280 g/mol. The third-order valence-electron chi connectivity index (χ3n) is 4.72.